The van der Waals surface area contributed by atoms with Crippen LogP contribution in [0.1, 0.15) is 15.9 Å². The van der Waals surface area contributed by atoms with Crippen molar-refractivity contribution in [1.29, 1.82) is 0 Å². The maximum Gasteiger partial charge on any atom is 0.491 e. The molecule has 0 atom stereocenters. The van der Waals surface area contributed by atoms with Crippen molar-refractivity contribution in [3.05, 3.63) is 121 Å². The summed E-state index contributed by atoms with van der Waals surface area (Å²) in [7, 11) is 0. The molecule has 11 heteroatoms. The van der Waals surface area contributed by atoms with Gasteiger partial charge in [0.2, 0.25) is 11.8 Å². The van der Waals surface area contributed by atoms with Crippen LogP contribution < -0.4 is 9.64 Å². The van der Waals surface area contributed by atoms with Crippen molar-refractivity contribution < 1.29 is 27.5 Å². The molecular weight excluding hydrogens is 583 g/mol. The third-order valence-electron chi connectivity index (χ3n) is 7.72. The van der Waals surface area contributed by atoms with Gasteiger partial charge in [-0.1, -0.05) is 54.6 Å². The van der Waals surface area contributed by atoms with Crippen LogP contribution >= 0.6 is 0 Å². The van der Waals surface area contributed by atoms with Crippen LogP contribution in [0.3, 0.4) is 0 Å². The minimum absolute atomic E-state index is 0.0229. The summed E-state index contributed by atoms with van der Waals surface area (Å²) in [6.45, 7) is 3.95. The zero-order valence-corrected chi connectivity index (χ0v) is 24.2. The van der Waals surface area contributed by atoms with Gasteiger partial charge in [0.05, 0.1) is 17.4 Å². The van der Waals surface area contributed by atoms with Gasteiger partial charge in [0.15, 0.2) is 0 Å². The van der Waals surface area contributed by atoms with E-state index < -0.39 is 17.9 Å². The molecule has 0 aliphatic carbocycles. The molecule has 3 aromatic carbocycles. The zero-order valence-electron chi connectivity index (χ0n) is 24.2. The van der Waals surface area contributed by atoms with E-state index in [1.807, 2.05) is 46.0 Å². The molecule has 45 heavy (non-hydrogen) atoms. The first-order chi connectivity index (χ1) is 21.8. The number of benzene rings is 3. The molecule has 2 amide bonds. The number of amides is 2. The van der Waals surface area contributed by atoms with E-state index in [9.17, 15) is 22.8 Å². The van der Waals surface area contributed by atoms with Gasteiger partial charge in [-0.15, -0.1) is 13.2 Å². The molecule has 3 heterocycles. The van der Waals surface area contributed by atoms with E-state index >= 15 is 0 Å². The Morgan fingerprint density at radius 2 is 1.53 bits per heavy atom. The van der Waals surface area contributed by atoms with E-state index in [0.29, 0.717) is 18.8 Å². The summed E-state index contributed by atoms with van der Waals surface area (Å²) in [6.07, 6.45) is -2.19. The topological polar surface area (TPSA) is 70.9 Å². The molecule has 1 fully saturated rings. The summed E-state index contributed by atoms with van der Waals surface area (Å²) in [5, 5.41) is 0.722. The monoisotopic (exact) mass is 613 g/mol. The highest BCUT2D eigenvalue weighted by Gasteiger charge is 2.43. The van der Waals surface area contributed by atoms with Gasteiger partial charge in [-0.05, 0) is 42.0 Å². The molecule has 230 valence electrons. The molecule has 6 rings (SSSR count). The van der Waals surface area contributed by atoms with Crippen molar-refractivity contribution in [3.63, 3.8) is 0 Å². The van der Waals surface area contributed by atoms with Crippen molar-refractivity contribution in [2.45, 2.75) is 19.4 Å². The number of piperazine rings is 1. The van der Waals surface area contributed by atoms with Gasteiger partial charge in [0.1, 0.15) is 12.3 Å². The molecule has 1 aliphatic rings. The standard InChI is InChI=1S/C34H30F3N5O3/c35-34(36,37)42(33(44)26-10-5-2-6-11-26)27-14-15-31(38-22-27)45-30-13-7-12-29-28(30)16-17-41(29)24-32(43)40-20-18-39(19-21-40)23-25-8-3-1-4-9-25/h1-17,22H,18-21,23-24H2. The van der Waals surface area contributed by atoms with E-state index in [1.54, 1.807) is 18.2 Å². The summed E-state index contributed by atoms with van der Waals surface area (Å²) in [5.74, 6) is -0.706. The molecule has 1 saturated heterocycles. The van der Waals surface area contributed by atoms with Crippen molar-refractivity contribution in [3.8, 4) is 11.6 Å². The molecule has 0 N–H and O–H groups in total. The number of carbonyl (C=O) groups excluding carboxylic acids is 2. The number of ether oxygens (including phenoxy) is 1. The zero-order chi connectivity index (χ0) is 31.4. The minimum atomic E-state index is -4.96. The molecule has 1 aliphatic heterocycles. The second-order valence-electron chi connectivity index (χ2n) is 10.7. The molecule has 8 nitrogen and oxygen atoms in total. The summed E-state index contributed by atoms with van der Waals surface area (Å²) in [5.41, 5.74) is 1.49. The van der Waals surface area contributed by atoms with Gasteiger partial charge in [-0.2, -0.15) is 0 Å². The third kappa shape index (κ3) is 6.83. The van der Waals surface area contributed by atoms with Gasteiger partial charge >= 0.3 is 6.30 Å². The Balaban J connectivity index is 1.11. The Morgan fingerprint density at radius 1 is 0.822 bits per heavy atom. The minimum Gasteiger partial charge on any atom is -0.438 e. The van der Waals surface area contributed by atoms with Crippen molar-refractivity contribution >= 4 is 28.4 Å². The lowest BCUT2D eigenvalue weighted by Gasteiger charge is -2.35. The summed E-state index contributed by atoms with van der Waals surface area (Å²) in [4.78, 5) is 33.9. The Morgan fingerprint density at radius 3 is 2.20 bits per heavy atom. The average Bonchev–Trinajstić information content (AvgIpc) is 3.46. The van der Waals surface area contributed by atoms with Crippen LogP contribution in [-0.2, 0) is 17.9 Å². The summed E-state index contributed by atoms with van der Waals surface area (Å²) < 4.78 is 49.5. The Labute approximate surface area is 257 Å². The van der Waals surface area contributed by atoms with Crippen LogP contribution in [0, 0.1) is 0 Å². The second kappa shape index (κ2) is 12.8. The molecule has 0 unspecified atom stereocenters. The quantitative estimate of drug-likeness (QED) is 0.191. The lowest BCUT2D eigenvalue weighted by atomic mass is 10.2. The first kappa shape index (κ1) is 29.9. The fraction of sp³-hybridized carbons (Fsp3) is 0.206. The number of pyridine rings is 1. The number of carbonyl (C=O) groups is 2. The predicted molar refractivity (Wildman–Crippen MR) is 164 cm³/mol. The number of fused-ring (bicyclic) bond motifs is 1. The molecule has 0 bridgehead atoms. The molecule has 2 aromatic heterocycles. The van der Waals surface area contributed by atoms with E-state index in [0.717, 1.165) is 42.8 Å². The van der Waals surface area contributed by atoms with Crippen LogP contribution in [0.5, 0.6) is 11.6 Å². The van der Waals surface area contributed by atoms with Gasteiger partial charge in [-0.25, -0.2) is 9.88 Å². The number of halogens is 3. The fourth-order valence-corrected chi connectivity index (χ4v) is 5.43. The Hall–Kier alpha value is -5.16. The van der Waals surface area contributed by atoms with E-state index in [-0.39, 0.29) is 28.8 Å². The number of nitrogens with zero attached hydrogens (tertiary/aromatic N) is 5. The normalized spacial score (nSPS) is 14.0. The highest BCUT2D eigenvalue weighted by molar-refractivity contribution is 6.06. The summed E-state index contributed by atoms with van der Waals surface area (Å²) in [6, 6.07) is 27.1. The Kier molecular flexibility index (Phi) is 8.52. The van der Waals surface area contributed by atoms with Crippen molar-refractivity contribution in [1.82, 2.24) is 19.4 Å². The Bertz CT molecular complexity index is 1770. The SMILES string of the molecule is O=C(Cn1ccc2c(Oc3ccc(N(C(=O)c4ccccc4)C(F)(F)F)cn3)cccc21)N1CCN(Cc2ccccc2)CC1. The fourth-order valence-electron chi connectivity index (χ4n) is 5.43. The van der Waals surface area contributed by atoms with Crippen LogP contribution in [0.25, 0.3) is 10.9 Å². The maximum atomic E-state index is 13.9. The number of hydrogen-bond acceptors (Lipinski definition) is 5. The highest BCUT2D eigenvalue weighted by Crippen LogP contribution is 2.33. The highest BCUT2D eigenvalue weighted by atomic mass is 19.4. The van der Waals surface area contributed by atoms with Crippen molar-refractivity contribution in [2.24, 2.45) is 0 Å². The van der Waals surface area contributed by atoms with Crippen LogP contribution in [0.15, 0.2) is 109 Å². The van der Waals surface area contributed by atoms with Gasteiger partial charge in [0, 0.05) is 55.9 Å². The molecule has 5 aromatic rings. The van der Waals surface area contributed by atoms with E-state index in [1.165, 1.54) is 35.9 Å². The third-order valence-corrected chi connectivity index (χ3v) is 7.72. The predicted octanol–water partition coefficient (Wildman–Crippen LogP) is 6.34. The van der Waals surface area contributed by atoms with Gasteiger partial charge in [0.25, 0.3) is 5.91 Å². The van der Waals surface area contributed by atoms with Crippen LogP contribution in [0.2, 0.25) is 0 Å². The molecular formula is C34H30F3N5O3. The number of rotatable bonds is 8. The van der Waals surface area contributed by atoms with E-state index in [2.05, 4.69) is 22.0 Å². The van der Waals surface area contributed by atoms with E-state index in [4.69, 9.17) is 4.74 Å². The first-order valence-electron chi connectivity index (χ1n) is 14.5. The first-order valence-corrected chi connectivity index (χ1v) is 14.5. The van der Waals surface area contributed by atoms with Crippen molar-refractivity contribution in [2.75, 3.05) is 31.1 Å². The lowest BCUT2D eigenvalue weighted by Crippen LogP contribution is -2.49. The number of aromatic nitrogens is 2. The number of anilines is 1. The van der Waals surface area contributed by atoms with Gasteiger partial charge in [-0.3, -0.25) is 14.5 Å². The van der Waals surface area contributed by atoms with Gasteiger partial charge < -0.3 is 14.2 Å². The number of hydrogen-bond donors (Lipinski definition) is 0. The molecule has 0 radical (unpaired) electrons. The largest absolute Gasteiger partial charge is 0.491 e. The average molecular weight is 614 g/mol. The van der Waals surface area contributed by atoms with Crippen LogP contribution in [0.4, 0.5) is 18.9 Å². The lowest BCUT2D eigenvalue weighted by molar-refractivity contribution is -0.133. The number of alkyl halides is 3. The molecule has 0 spiro atoms. The smallest absolute Gasteiger partial charge is 0.438 e. The summed E-state index contributed by atoms with van der Waals surface area (Å²) >= 11 is 0. The molecule has 0 saturated carbocycles. The second-order valence-corrected chi connectivity index (χ2v) is 10.7. The maximum absolute atomic E-state index is 13.9. The van der Waals surface area contributed by atoms with Crippen LogP contribution in [-0.4, -0.2) is 63.6 Å².